The summed E-state index contributed by atoms with van der Waals surface area (Å²) in [5, 5.41) is 6.27. The number of hydrogen-bond acceptors (Lipinski definition) is 2. The first-order valence-electron chi connectivity index (χ1n) is 6.47. The Kier molecular flexibility index (Phi) is 3.29. The molecule has 0 spiro atoms. The Balaban J connectivity index is 1.65. The number of benzene rings is 2. The minimum atomic E-state index is -0.0285. The molecule has 1 aliphatic heterocycles. The van der Waals surface area contributed by atoms with Gasteiger partial charge in [-0.2, -0.15) is 0 Å². The zero-order valence-electron chi connectivity index (χ0n) is 10.6. The van der Waals surface area contributed by atoms with Crippen LogP contribution in [0.2, 0.25) is 0 Å². The summed E-state index contributed by atoms with van der Waals surface area (Å²) in [4.78, 5) is 11.9. The molecule has 1 amide bonds. The van der Waals surface area contributed by atoms with E-state index in [-0.39, 0.29) is 5.91 Å². The van der Waals surface area contributed by atoms with Gasteiger partial charge in [0.15, 0.2) is 0 Å². The van der Waals surface area contributed by atoms with Gasteiger partial charge in [-0.05, 0) is 28.8 Å². The van der Waals surface area contributed by atoms with E-state index in [0.29, 0.717) is 12.1 Å². The number of carbonyl (C=O) groups excluding carboxylic acids is 1. The highest BCUT2D eigenvalue weighted by molar-refractivity contribution is 5.94. The van der Waals surface area contributed by atoms with Crippen LogP contribution in [0.1, 0.15) is 27.0 Å². The molecule has 19 heavy (non-hydrogen) atoms. The van der Waals surface area contributed by atoms with Gasteiger partial charge in [-0.1, -0.05) is 36.4 Å². The highest BCUT2D eigenvalue weighted by Gasteiger charge is 2.10. The molecule has 2 N–H and O–H groups in total. The Morgan fingerprint density at radius 1 is 1.05 bits per heavy atom. The van der Waals surface area contributed by atoms with Crippen molar-refractivity contribution in [2.45, 2.75) is 19.6 Å². The van der Waals surface area contributed by atoms with Crippen LogP contribution in [0.15, 0.2) is 48.5 Å². The number of amides is 1. The molecule has 0 unspecified atom stereocenters. The number of carbonyl (C=O) groups is 1. The van der Waals surface area contributed by atoms with Crippen LogP contribution in [0.5, 0.6) is 0 Å². The van der Waals surface area contributed by atoms with Gasteiger partial charge in [0, 0.05) is 25.2 Å². The van der Waals surface area contributed by atoms with Gasteiger partial charge in [0.2, 0.25) is 0 Å². The lowest BCUT2D eigenvalue weighted by molar-refractivity contribution is 0.0951. The molecule has 3 rings (SSSR count). The lowest BCUT2D eigenvalue weighted by Crippen LogP contribution is -2.22. The largest absolute Gasteiger partial charge is 0.348 e. The quantitative estimate of drug-likeness (QED) is 0.879. The van der Waals surface area contributed by atoms with Gasteiger partial charge in [0.1, 0.15) is 0 Å². The predicted molar refractivity (Wildman–Crippen MR) is 74.6 cm³/mol. The maximum atomic E-state index is 11.9. The van der Waals surface area contributed by atoms with Crippen LogP contribution < -0.4 is 10.6 Å². The molecule has 2 aromatic carbocycles. The van der Waals surface area contributed by atoms with E-state index < -0.39 is 0 Å². The number of fused-ring (bicyclic) bond motifs is 1. The number of rotatable bonds is 3. The van der Waals surface area contributed by atoms with E-state index in [9.17, 15) is 4.79 Å². The molecule has 0 radical (unpaired) electrons. The van der Waals surface area contributed by atoms with Crippen LogP contribution in [-0.2, 0) is 19.6 Å². The van der Waals surface area contributed by atoms with Gasteiger partial charge < -0.3 is 10.6 Å². The molecule has 0 atom stereocenters. The predicted octanol–water partition coefficient (Wildman–Crippen LogP) is 2.22. The van der Waals surface area contributed by atoms with E-state index in [2.05, 4.69) is 28.8 Å². The maximum absolute atomic E-state index is 11.9. The lowest BCUT2D eigenvalue weighted by Gasteiger charge is -2.07. The van der Waals surface area contributed by atoms with E-state index >= 15 is 0 Å². The summed E-state index contributed by atoms with van der Waals surface area (Å²) in [6.45, 7) is 2.45. The van der Waals surface area contributed by atoms with Crippen LogP contribution in [0.3, 0.4) is 0 Å². The second kappa shape index (κ2) is 5.24. The molecular weight excluding hydrogens is 236 g/mol. The molecule has 0 saturated heterocycles. The molecule has 0 saturated carbocycles. The van der Waals surface area contributed by atoms with Gasteiger partial charge in [-0.15, -0.1) is 0 Å². The van der Waals surface area contributed by atoms with Crippen LogP contribution in [-0.4, -0.2) is 5.91 Å². The third-order valence-corrected chi connectivity index (χ3v) is 3.39. The number of hydrogen-bond donors (Lipinski definition) is 2. The van der Waals surface area contributed by atoms with Crippen molar-refractivity contribution >= 4 is 5.91 Å². The molecule has 2 aromatic rings. The Bertz CT molecular complexity index is 593. The van der Waals surface area contributed by atoms with E-state index in [1.54, 1.807) is 0 Å². The molecule has 0 aliphatic carbocycles. The van der Waals surface area contributed by atoms with Gasteiger partial charge >= 0.3 is 0 Å². The molecule has 0 bridgehead atoms. The van der Waals surface area contributed by atoms with Gasteiger partial charge in [-0.25, -0.2) is 0 Å². The fraction of sp³-hybridized carbons (Fsp3) is 0.188. The van der Waals surface area contributed by atoms with E-state index in [4.69, 9.17) is 0 Å². The summed E-state index contributed by atoms with van der Waals surface area (Å²) in [6.07, 6.45) is 0. The average Bonchev–Trinajstić information content (AvgIpc) is 2.93. The molecule has 3 heteroatoms. The summed E-state index contributed by atoms with van der Waals surface area (Å²) in [5.41, 5.74) is 4.54. The van der Waals surface area contributed by atoms with Crippen LogP contribution in [0, 0.1) is 0 Å². The van der Waals surface area contributed by atoms with Crippen molar-refractivity contribution in [2.75, 3.05) is 0 Å². The summed E-state index contributed by atoms with van der Waals surface area (Å²) in [5.74, 6) is -0.0285. The van der Waals surface area contributed by atoms with Gasteiger partial charge in [-0.3, -0.25) is 4.79 Å². The van der Waals surface area contributed by atoms with Crippen molar-refractivity contribution in [3.8, 4) is 0 Å². The lowest BCUT2D eigenvalue weighted by atomic mass is 10.1. The third-order valence-electron chi connectivity index (χ3n) is 3.39. The monoisotopic (exact) mass is 252 g/mol. The van der Waals surface area contributed by atoms with Crippen LogP contribution >= 0.6 is 0 Å². The smallest absolute Gasteiger partial charge is 0.251 e. The number of nitrogens with one attached hydrogen (secondary N) is 2. The average molecular weight is 252 g/mol. The van der Waals surface area contributed by atoms with Crippen molar-refractivity contribution in [1.29, 1.82) is 0 Å². The zero-order chi connectivity index (χ0) is 13.1. The molecule has 0 aromatic heterocycles. The van der Waals surface area contributed by atoms with Crippen molar-refractivity contribution in [1.82, 2.24) is 10.6 Å². The Morgan fingerprint density at radius 2 is 1.84 bits per heavy atom. The highest BCUT2D eigenvalue weighted by Crippen LogP contribution is 2.16. The minimum Gasteiger partial charge on any atom is -0.348 e. The van der Waals surface area contributed by atoms with Gasteiger partial charge in [0.05, 0.1) is 0 Å². The second-order valence-corrected chi connectivity index (χ2v) is 4.76. The fourth-order valence-corrected chi connectivity index (χ4v) is 2.33. The highest BCUT2D eigenvalue weighted by atomic mass is 16.1. The summed E-state index contributed by atoms with van der Waals surface area (Å²) >= 11 is 0. The van der Waals surface area contributed by atoms with Crippen LogP contribution in [0.25, 0.3) is 0 Å². The van der Waals surface area contributed by atoms with Crippen molar-refractivity contribution in [3.05, 3.63) is 70.8 Å². The molecule has 3 nitrogen and oxygen atoms in total. The summed E-state index contributed by atoms with van der Waals surface area (Å²) < 4.78 is 0. The molecule has 0 fully saturated rings. The second-order valence-electron chi connectivity index (χ2n) is 4.76. The summed E-state index contributed by atoms with van der Waals surface area (Å²) in [6, 6.07) is 15.7. The standard InChI is InChI=1S/C16H16N2O/c19-16(13-4-2-1-3-5-13)18-9-12-6-7-14-10-17-11-15(14)8-12/h1-8,17H,9-11H2,(H,18,19). The topological polar surface area (TPSA) is 41.1 Å². The van der Waals surface area contributed by atoms with Crippen molar-refractivity contribution < 1.29 is 4.79 Å². The molecular formula is C16H16N2O. The van der Waals surface area contributed by atoms with Crippen molar-refractivity contribution in [2.24, 2.45) is 0 Å². The molecule has 1 heterocycles. The Hall–Kier alpha value is -2.13. The van der Waals surface area contributed by atoms with E-state index in [1.165, 1.54) is 11.1 Å². The summed E-state index contributed by atoms with van der Waals surface area (Å²) in [7, 11) is 0. The molecule has 1 aliphatic rings. The SMILES string of the molecule is O=C(NCc1ccc2c(c1)CNC2)c1ccccc1. The first-order valence-corrected chi connectivity index (χ1v) is 6.47. The van der Waals surface area contributed by atoms with E-state index in [0.717, 1.165) is 18.7 Å². The Morgan fingerprint density at radius 3 is 2.68 bits per heavy atom. The first-order chi connectivity index (χ1) is 9.33. The van der Waals surface area contributed by atoms with Crippen LogP contribution in [0.4, 0.5) is 0 Å². The van der Waals surface area contributed by atoms with Gasteiger partial charge in [0.25, 0.3) is 5.91 Å². The molecule has 96 valence electrons. The maximum Gasteiger partial charge on any atom is 0.251 e. The normalized spacial score (nSPS) is 13.1. The zero-order valence-corrected chi connectivity index (χ0v) is 10.6. The van der Waals surface area contributed by atoms with Crippen molar-refractivity contribution in [3.63, 3.8) is 0 Å². The minimum absolute atomic E-state index is 0.0285. The van der Waals surface area contributed by atoms with E-state index in [1.807, 2.05) is 30.3 Å². The Labute approximate surface area is 112 Å². The first kappa shape index (κ1) is 11.9. The fourth-order valence-electron chi connectivity index (χ4n) is 2.33. The third kappa shape index (κ3) is 2.66.